The van der Waals surface area contributed by atoms with Gasteiger partial charge < -0.3 is 5.11 Å². The Morgan fingerprint density at radius 2 is 2.19 bits per heavy atom. The molecule has 0 unspecified atom stereocenters. The SMILES string of the molecule is Cc1cc(Cl)cc(CN2CC(C(=O)O)C2)c1. The second kappa shape index (κ2) is 4.44. The van der Waals surface area contributed by atoms with Crippen LogP contribution in [0.25, 0.3) is 0 Å². The molecule has 1 aliphatic heterocycles. The number of nitrogens with zero attached hydrogens (tertiary/aromatic N) is 1. The summed E-state index contributed by atoms with van der Waals surface area (Å²) in [6.45, 7) is 4.07. The maximum absolute atomic E-state index is 10.6. The van der Waals surface area contributed by atoms with E-state index in [2.05, 4.69) is 11.0 Å². The quantitative estimate of drug-likeness (QED) is 0.879. The molecule has 0 spiro atoms. The van der Waals surface area contributed by atoms with Gasteiger partial charge in [-0.05, 0) is 30.2 Å². The van der Waals surface area contributed by atoms with Crippen LogP contribution >= 0.6 is 11.6 Å². The highest BCUT2D eigenvalue weighted by Gasteiger charge is 2.32. The Kier molecular flexibility index (Phi) is 3.17. The molecule has 1 saturated heterocycles. The molecule has 1 heterocycles. The minimum absolute atomic E-state index is 0.194. The molecule has 0 aliphatic carbocycles. The van der Waals surface area contributed by atoms with E-state index >= 15 is 0 Å². The van der Waals surface area contributed by atoms with Crippen molar-refractivity contribution in [2.75, 3.05) is 13.1 Å². The van der Waals surface area contributed by atoms with E-state index in [1.54, 1.807) is 0 Å². The normalized spacial score (nSPS) is 17.1. The molecule has 0 amide bonds. The van der Waals surface area contributed by atoms with Crippen LogP contribution in [-0.4, -0.2) is 29.1 Å². The molecule has 1 fully saturated rings. The number of benzene rings is 1. The number of rotatable bonds is 3. The van der Waals surface area contributed by atoms with Crippen LogP contribution < -0.4 is 0 Å². The van der Waals surface area contributed by atoms with Crippen molar-refractivity contribution in [2.45, 2.75) is 13.5 Å². The van der Waals surface area contributed by atoms with Crippen molar-refractivity contribution in [1.29, 1.82) is 0 Å². The second-order valence-corrected chi connectivity index (χ2v) is 4.80. The summed E-state index contributed by atoms with van der Waals surface area (Å²) in [6, 6.07) is 5.93. The number of likely N-dealkylation sites (tertiary alicyclic amines) is 1. The zero-order chi connectivity index (χ0) is 11.7. The Labute approximate surface area is 99.6 Å². The van der Waals surface area contributed by atoms with Crippen molar-refractivity contribution >= 4 is 17.6 Å². The molecule has 1 aliphatic rings. The molecule has 86 valence electrons. The Bertz CT molecular complexity index is 393. The molecule has 1 N–H and O–H groups in total. The van der Waals surface area contributed by atoms with Crippen molar-refractivity contribution in [3.8, 4) is 0 Å². The summed E-state index contributed by atoms with van der Waals surface area (Å²) in [5, 5.41) is 9.50. The smallest absolute Gasteiger partial charge is 0.309 e. The maximum Gasteiger partial charge on any atom is 0.309 e. The zero-order valence-corrected chi connectivity index (χ0v) is 9.87. The molecule has 0 bridgehead atoms. The highest BCUT2D eigenvalue weighted by molar-refractivity contribution is 6.30. The number of aliphatic carboxylic acids is 1. The van der Waals surface area contributed by atoms with Crippen LogP contribution in [0, 0.1) is 12.8 Å². The maximum atomic E-state index is 10.6. The second-order valence-electron chi connectivity index (χ2n) is 4.37. The van der Waals surface area contributed by atoms with Gasteiger partial charge in [0.25, 0.3) is 0 Å². The topological polar surface area (TPSA) is 40.5 Å². The molecule has 3 nitrogen and oxygen atoms in total. The van der Waals surface area contributed by atoms with Crippen molar-refractivity contribution in [3.05, 3.63) is 34.3 Å². The third kappa shape index (κ3) is 2.54. The minimum Gasteiger partial charge on any atom is -0.481 e. The van der Waals surface area contributed by atoms with E-state index in [1.165, 1.54) is 0 Å². The first-order valence-corrected chi connectivity index (χ1v) is 5.63. The lowest BCUT2D eigenvalue weighted by Crippen LogP contribution is -2.49. The zero-order valence-electron chi connectivity index (χ0n) is 9.11. The largest absolute Gasteiger partial charge is 0.481 e. The van der Waals surface area contributed by atoms with Gasteiger partial charge in [-0.3, -0.25) is 9.69 Å². The van der Waals surface area contributed by atoms with Gasteiger partial charge in [0, 0.05) is 24.7 Å². The molecule has 0 atom stereocenters. The Morgan fingerprint density at radius 1 is 1.50 bits per heavy atom. The molecule has 16 heavy (non-hydrogen) atoms. The lowest BCUT2D eigenvalue weighted by atomic mass is 9.99. The van der Waals surface area contributed by atoms with Gasteiger partial charge in [0.1, 0.15) is 0 Å². The average Bonchev–Trinajstić information content (AvgIpc) is 2.08. The lowest BCUT2D eigenvalue weighted by Gasteiger charge is -2.36. The first-order chi connectivity index (χ1) is 7.54. The fourth-order valence-electron chi connectivity index (χ4n) is 2.02. The third-order valence-corrected chi connectivity index (χ3v) is 3.03. The van der Waals surface area contributed by atoms with Crippen molar-refractivity contribution < 1.29 is 9.90 Å². The molecule has 1 aromatic carbocycles. The number of hydrogen-bond donors (Lipinski definition) is 1. The van der Waals surface area contributed by atoms with Gasteiger partial charge in [0.15, 0.2) is 0 Å². The Hall–Kier alpha value is -1.06. The van der Waals surface area contributed by atoms with Crippen LogP contribution in [0.4, 0.5) is 0 Å². The summed E-state index contributed by atoms with van der Waals surface area (Å²) >= 11 is 5.96. The van der Waals surface area contributed by atoms with Crippen LogP contribution in [0.15, 0.2) is 18.2 Å². The van der Waals surface area contributed by atoms with Gasteiger partial charge in [-0.25, -0.2) is 0 Å². The summed E-state index contributed by atoms with van der Waals surface area (Å²) in [7, 11) is 0. The summed E-state index contributed by atoms with van der Waals surface area (Å²) in [5.74, 6) is -0.890. The number of halogens is 1. The summed E-state index contributed by atoms with van der Waals surface area (Å²) in [4.78, 5) is 12.8. The van der Waals surface area contributed by atoms with Crippen molar-refractivity contribution in [1.82, 2.24) is 4.90 Å². The van der Waals surface area contributed by atoms with Crippen molar-refractivity contribution in [3.63, 3.8) is 0 Å². The molecular weight excluding hydrogens is 226 g/mol. The number of aryl methyl sites for hydroxylation is 1. The van der Waals surface area contributed by atoms with Gasteiger partial charge in [-0.1, -0.05) is 17.7 Å². The van der Waals surface area contributed by atoms with E-state index in [9.17, 15) is 4.79 Å². The van der Waals surface area contributed by atoms with E-state index < -0.39 is 5.97 Å². The predicted molar refractivity (Wildman–Crippen MR) is 62.6 cm³/mol. The first kappa shape index (κ1) is 11.4. The minimum atomic E-state index is -0.696. The molecule has 2 rings (SSSR count). The molecule has 0 saturated carbocycles. The van der Waals surface area contributed by atoms with Crippen LogP contribution in [0.2, 0.25) is 5.02 Å². The van der Waals surface area contributed by atoms with E-state index in [4.69, 9.17) is 16.7 Å². The van der Waals surface area contributed by atoms with Crippen LogP contribution in [-0.2, 0) is 11.3 Å². The van der Waals surface area contributed by atoms with E-state index in [0.717, 1.165) is 22.7 Å². The summed E-state index contributed by atoms with van der Waals surface area (Å²) < 4.78 is 0. The van der Waals surface area contributed by atoms with Gasteiger partial charge in [-0.15, -0.1) is 0 Å². The average molecular weight is 240 g/mol. The van der Waals surface area contributed by atoms with Gasteiger partial charge in [-0.2, -0.15) is 0 Å². The molecular formula is C12H14ClNO2. The number of carbonyl (C=O) groups is 1. The fourth-order valence-corrected chi connectivity index (χ4v) is 2.33. The van der Waals surface area contributed by atoms with E-state index in [1.807, 2.05) is 19.1 Å². The molecule has 4 heteroatoms. The summed E-state index contributed by atoms with van der Waals surface area (Å²) in [6.07, 6.45) is 0. The number of carboxylic acids is 1. The number of hydrogen-bond acceptors (Lipinski definition) is 2. The number of carboxylic acid groups (broad SMARTS) is 1. The molecule has 0 aromatic heterocycles. The van der Waals surface area contributed by atoms with Gasteiger partial charge >= 0.3 is 5.97 Å². The van der Waals surface area contributed by atoms with Crippen LogP contribution in [0.1, 0.15) is 11.1 Å². The van der Waals surface area contributed by atoms with Crippen LogP contribution in [0.5, 0.6) is 0 Å². The van der Waals surface area contributed by atoms with Crippen LogP contribution in [0.3, 0.4) is 0 Å². The Morgan fingerprint density at radius 3 is 2.75 bits per heavy atom. The van der Waals surface area contributed by atoms with Gasteiger partial charge in [0.2, 0.25) is 0 Å². The third-order valence-electron chi connectivity index (χ3n) is 2.81. The predicted octanol–water partition coefficient (Wildman–Crippen LogP) is 2.16. The Balaban J connectivity index is 1.94. The standard InChI is InChI=1S/C12H14ClNO2/c1-8-2-9(4-11(13)3-8)5-14-6-10(7-14)12(15)16/h2-4,10H,5-7H2,1H3,(H,15,16). The van der Waals surface area contributed by atoms with E-state index in [-0.39, 0.29) is 5.92 Å². The van der Waals surface area contributed by atoms with Gasteiger partial charge in [0.05, 0.1) is 5.92 Å². The monoisotopic (exact) mass is 239 g/mol. The summed E-state index contributed by atoms with van der Waals surface area (Å²) in [5.41, 5.74) is 2.28. The van der Waals surface area contributed by atoms with Crippen molar-refractivity contribution in [2.24, 2.45) is 5.92 Å². The molecule has 0 radical (unpaired) electrons. The highest BCUT2D eigenvalue weighted by Crippen LogP contribution is 2.21. The highest BCUT2D eigenvalue weighted by atomic mass is 35.5. The fraction of sp³-hybridized carbons (Fsp3) is 0.417. The van der Waals surface area contributed by atoms with E-state index in [0.29, 0.717) is 13.1 Å². The lowest BCUT2D eigenvalue weighted by molar-refractivity contribution is -0.147. The first-order valence-electron chi connectivity index (χ1n) is 5.26. The molecule has 1 aromatic rings.